The lowest BCUT2D eigenvalue weighted by Crippen LogP contribution is -2.16. The lowest BCUT2D eigenvalue weighted by Gasteiger charge is -2.14. The molecule has 0 heterocycles. The average molecular weight is 465 g/mol. The first-order chi connectivity index (χ1) is 14.1. The largest absolute Gasteiger partial charge is 0.283 e. The minimum absolute atomic E-state index is 0.0332. The number of nitrogens with one attached hydrogen (secondary N) is 2. The summed E-state index contributed by atoms with van der Waals surface area (Å²) in [6, 6.07) is 17.6. The molecular weight excluding hydrogens is 444 g/mol. The molecule has 30 heavy (non-hydrogen) atoms. The second-order valence-electron chi connectivity index (χ2n) is 6.88. The fourth-order valence-corrected chi connectivity index (χ4v) is 5.41. The van der Waals surface area contributed by atoms with Crippen molar-refractivity contribution in [2.45, 2.75) is 24.5 Å². The van der Waals surface area contributed by atoms with Crippen LogP contribution in [0, 0.1) is 13.8 Å². The monoisotopic (exact) mass is 464 g/mol. The van der Waals surface area contributed by atoms with Crippen molar-refractivity contribution in [3.05, 3.63) is 88.4 Å². The molecule has 0 aliphatic carbocycles. The van der Waals surface area contributed by atoms with Crippen LogP contribution in [0.5, 0.6) is 0 Å². The van der Waals surface area contributed by atoms with Gasteiger partial charge in [0, 0.05) is 10.7 Å². The van der Waals surface area contributed by atoms with Gasteiger partial charge in [0.2, 0.25) is 10.0 Å². The van der Waals surface area contributed by atoms with E-state index in [1.165, 1.54) is 24.3 Å². The van der Waals surface area contributed by atoms with Gasteiger partial charge in [0.25, 0.3) is 10.0 Å². The van der Waals surface area contributed by atoms with E-state index in [1.807, 2.05) is 32.0 Å². The number of anilines is 2. The minimum Gasteiger partial charge on any atom is -0.283 e. The Morgan fingerprint density at radius 1 is 0.767 bits per heavy atom. The van der Waals surface area contributed by atoms with Crippen LogP contribution in [0.2, 0.25) is 5.02 Å². The predicted molar refractivity (Wildman–Crippen MR) is 121 cm³/mol. The number of aryl methyl sites for hydroxylation is 2. The molecular formula is C21H21ClN2O4S2. The first kappa shape index (κ1) is 22.1. The molecule has 0 atom stereocenters. The highest BCUT2D eigenvalue weighted by molar-refractivity contribution is 7.92. The second kappa shape index (κ2) is 8.67. The summed E-state index contributed by atoms with van der Waals surface area (Å²) < 4.78 is 55.2. The highest BCUT2D eigenvalue weighted by Crippen LogP contribution is 2.24. The van der Waals surface area contributed by atoms with Gasteiger partial charge in [0.1, 0.15) is 0 Å². The summed E-state index contributed by atoms with van der Waals surface area (Å²) in [5.74, 6) is -0.224. The number of hydrogen-bond acceptors (Lipinski definition) is 4. The van der Waals surface area contributed by atoms with E-state index in [0.717, 1.165) is 11.1 Å². The number of hydrogen-bond donors (Lipinski definition) is 2. The summed E-state index contributed by atoms with van der Waals surface area (Å²) in [4.78, 5) is 0.0332. The van der Waals surface area contributed by atoms with Crippen molar-refractivity contribution in [3.8, 4) is 0 Å². The predicted octanol–water partition coefficient (Wildman–Crippen LogP) is 4.70. The van der Waals surface area contributed by atoms with Gasteiger partial charge in [-0.3, -0.25) is 9.44 Å². The molecule has 0 bridgehead atoms. The molecule has 9 heteroatoms. The Hall–Kier alpha value is -2.55. The Labute approximate surface area is 182 Å². The Morgan fingerprint density at radius 2 is 1.33 bits per heavy atom. The molecule has 0 amide bonds. The molecule has 0 spiro atoms. The van der Waals surface area contributed by atoms with Crippen LogP contribution in [0.3, 0.4) is 0 Å². The van der Waals surface area contributed by atoms with E-state index < -0.39 is 20.0 Å². The average Bonchev–Trinajstić information content (AvgIpc) is 2.67. The molecule has 0 fully saturated rings. The van der Waals surface area contributed by atoms with Crippen LogP contribution in [-0.2, 0) is 25.8 Å². The van der Waals surface area contributed by atoms with Crippen LogP contribution in [-0.4, -0.2) is 16.8 Å². The Balaban J connectivity index is 1.74. The molecule has 0 saturated heterocycles. The summed E-state index contributed by atoms with van der Waals surface area (Å²) in [5, 5.41) is 0.524. The third-order valence-corrected chi connectivity index (χ3v) is 7.30. The van der Waals surface area contributed by atoms with Gasteiger partial charge in [-0.05, 0) is 66.9 Å². The summed E-state index contributed by atoms with van der Waals surface area (Å²) in [5.41, 5.74) is 3.01. The maximum Gasteiger partial charge on any atom is 0.261 e. The highest BCUT2D eigenvalue weighted by atomic mass is 35.5. The molecule has 0 aliphatic heterocycles. The molecule has 3 rings (SSSR count). The lowest BCUT2D eigenvalue weighted by molar-refractivity contribution is 0.599. The van der Waals surface area contributed by atoms with Gasteiger partial charge in [-0.25, -0.2) is 16.8 Å². The minimum atomic E-state index is -3.81. The van der Waals surface area contributed by atoms with Crippen LogP contribution >= 0.6 is 11.6 Å². The normalized spacial score (nSPS) is 11.8. The highest BCUT2D eigenvalue weighted by Gasteiger charge is 2.17. The number of sulfonamides is 2. The van der Waals surface area contributed by atoms with E-state index in [2.05, 4.69) is 9.44 Å². The summed E-state index contributed by atoms with van der Waals surface area (Å²) in [7, 11) is -7.48. The molecule has 0 saturated carbocycles. The molecule has 6 nitrogen and oxygen atoms in total. The summed E-state index contributed by atoms with van der Waals surface area (Å²) in [6.45, 7) is 3.65. The zero-order valence-corrected chi connectivity index (χ0v) is 18.8. The Bertz CT molecular complexity index is 1240. The van der Waals surface area contributed by atoms with Crippen molar-refractivity contribution >= 4 is 43.0 Å². The van der Waals surface area contributed by atoms with Gasteiger partial charge in [0.15, 0.2) is 0 Å². The molecule has 3 aromatic carbocycles. The fourth-order valence-electron chi connectivity index (χ4n) is 2.89. The maximum absolute atomic E-state index is 12.7. The van der Waals surface area contributed by atoms with Crippen LogP contribution in [0.15, 0.2) is 71.6 Å². The maximum atomic E-state index is 12.7. The van der Waals surface area contributed by atoms with Crippen LogP contribution in [0.4, 0.5) is 11.4 Å². The van der Waals surface area contributed by atoms with E-state index >= 15 is 0 Å². The molecule has 0 radical (unpaired) electrons. The third-order valence-electron chi connectivity index (χ3n) is 4.43. The van der Waals surface area contributed by atoms with Crippen molar-refractivity contribution in [1.82, 2.24) is 0 Å². The van der Waals surface area contributed by atoms with Crippen LogP contribution < -0.4 is 9.44 Å². The number of halogens is 1. The van der Waals surface area contributed by atoms with Crippen LogP contribution in [0.25, 0.3) is 0 Å². The molecule has 0 aliphatic rings. The first-order valence-corrected chi connectivity index (χ1v) is 12.5. The molecule has 158 valence electrons. The molecule has 3 aromatic rings. The first-order valence-electron chi connectivity index (χ1n) is 9.00. The van der Waals surface area contributed by atoms with E-state index in [0.29, 0.717) is 16.3 Å². The van der Waals surface area contributed by atoms with E-state index in [-0.39, 0.29) is 16.3 Å². The number of para-hydroxylation sites is 1. The van der Waals surface area contributed by atoms with Crippen LogP contribution in [0.1, 0.15) is 16.7 Å². The smallest absolute Gasteiger partial charge is 0.261 e. The van der Waals surface area contributed by atoms with E-state index in [9.17, 15) is 16.8 Å². The van der Waals surface area contributed by atoms with Crippen molar-refractivity contribution < 1.29 is 16.8 Å². The summed E-state index contributed by atoms with van der Waals surface area (Å²) in [6.07, 6.45) is 0. The molecule has 2 N–H and O–H groups in total. The lowest BCUT2D eigenvalue weighted by atomic mass is 10.1. The van der Waals surface area contributed by atoms with E-state index in [1.54, 1.807) is 24.3 Å². The number of rotatable bonds is 7. The Morgan fingerprint density at radius 3 is 1.90 bits per heavy atom. The van der Waals surface area contributed by atoms with Crippen molar-refractivity contribution in [1.29, 1.82) is 0 Å². The SMILES string of the molecule is Cc1cccc(C)c1NS(=O)(=O)c1ccc(NS(=O)(=O)Cc2ccc(Cl)cc2)cc1. The van der Waals surface area contributed by atoms with Gasteiger partial charge in [-0.15, -0.1) is 0 Å². The zero-order valence-electron chi connectivity index (χ0n) is 16.4. The van der Waals surface area contributed by atoms with Gasteiger partial charge in [0.05, 0.1) is 16.3 Å². The molecule has 0 unspecified atom stereocenters. The zero-order chi connectivity index (χ0) is 21.9. The quantitative estimate of drug-likeness (QED) is 0.530. The van der Waals surface area contributed by atoms with Gasteiger partial charge < -0.3 is 0 Å². The Kier molecular flexibility index (Phi) is 6.40. The second-order valence-corrected chi connectivity index (χ2v) is 10.7. The van der Waals surface area contributed by atoms with E-state index in [4.69, 9.17) is 11.6 Å². The number of benzene rings is 3. The fraction of sp³-hybridized carbons (Fsp3) is 0.143. The van der Waals surface area contributed by atoms with Gasteiger partial charge >= 0.3 is 0 Å². The summed E-state index contributed by atoms with van der Waals surface area (Å²) >= 11 is 5.81. The van der Waals surface area contributed by atoms with Crippen molar-refractivity contribution in [2.24, 2.45) is 0 Å². The third kappa shape index (κ3) is 5.53. The standard InChI is InChI=1S/C21H21ClN2O4S2/c1-15-4-3-5-16(2)21(15)24-30(27,28)20-12-10-19(11-13-20)23-29(25,26)14-17-6-8-18(22)9-7-17/h3-13,23-24H,14H2,1-2H3. The molecule has 0 aromatic heterocycles. The van der Waals surface area contributed by atoms with Gasteiger partial charge in [-0.1, -0.05) is 41.9 Å². The van der Waals surface area contributed by atoms with Crippen molar-refractivity contribution in [2.75, 3.05) is 9.44 Å². The van der Waals surface area contributed by atoms with Gasteiger partial charge in [-0.2, -0.15) is 0 Å². The topological polar surface area (TPSA) is 92.3 Å². The van der Waals surface area contributed by atoms with Crippen molar-refractivity contribution in [3.63, 3.8) is 0 Å².